The summed E-state index contributed by atoms with van der Waals surface area (Å²) < 4.78 is 21.3. The average Bonchev–Trinajstić information content (AvgIpc) is 2.93. The van der Waals surface area contributed by atoms with Gasteiger partial charge in [-0.25, -0.2) is 4.98 Å². The van der Waals surface area contributed by atoms with Crippen LogP contribution in [0.1, 0.15) is 51.6 Å². The third-order valence-electron chi connectivity index (χ3n) is 5.22. The summed E-state index contributed by atoms with van der Waals surface area (Å²) in [6, 6.07) is 2.19. The number of anilines is 2. The van der Waals surface area contributed by atoms with Gasteiger partial charge in [0, 0.05) is 0 Å². The predicted molar refractivity (Wildman–Crippen MR) is 105 cm³/mol. The summed E-state index contributed by atoms with van der Waals surface area (Å²) in [7, 11) is 0. The Hall–Kier alpha value is -2.73. The van der Waals surface area contributed by atoms with E-state index in [-0.39, 0.29) is 23.9 Å². The quantitative estimate of drug-likeness (QED) is 0.712. The number of aromatic nitrogens is 4. The van der Waals surface area contributed by atoms with Gasteiger partial charge >= 0.3 is 0 Å². The zero-order valence-electron chi connectivity index (χ0n) is 17.0. The molecule has 9 heteroatoms. The molecular formula is C20H27FN6O2. The lowest BCUT2D eigenvalue weighted by Crippen LogP contribution is -2.24. The molecule has 2 atom stereocenters. The van der Waals surface area contributed by atoms with E-state index in [2.05, 4.69) is 26.5 Å². The number of nitrogens with zero attached hydrogens (tertiary/aromatic N) is 5. The van der Waals surface area contributed by atoms with Gasteiger partial charge in [0.25, 0.3) is 5.88 Å². The maximum absolute atomic E-state index is 14.1. The van der Waals surface area contributed by atoms with Crippen LogP contribution in [0.5, 0.6) is 5.88 Å². The van der Waals surface area contributed by atoms with Gasteiger partial charge in [0.2, 0.25) is 11.8 Å². The summed E-state index contributed by atoms with van der Waals surface area (Å²) in [5.41, 5.74) is 0.499. The molecule has 1 aliphatic rings. The molecule has 2 heterocycles. The number of hydrogen-bond donors (Lipinski definition) is 2. The molecular weight excluding hydrogens is 375 g/mol. The van der Waals surface area contributed by atoms with Gasteiger partial charge in [-0.3, -0.25) is 4.68 Å². The van der Waals surface area contributed by atoms with Crippen LogP contribution in [0.4, 0.5) is 16.0 Å². The van der Waals surface area contributed by atoms with Crippen molar-refractivity contribution in [2.45, 2.75) is 64.5 Å². The van der Waals surface area contributed by atoms with Crippen LogP contribution >= 0.6 is 0 Å². The fourth-order valence-electron chi connectivity index (χ4n) is 3.28. The Labute approximate surface area is 169 Å². The lowest BCUT2D eigenvalue weighted by atomic mass is 10.0. The molecule has 0 bridgehead atoms. The molecule has 0 saturated heterocycles. The maximum atomic E-state index is 14.1. The Morgan fingerprint density at radius 1 is 1.38 bits per heavy atom. The first-order chi connectivity index (χ1) is 13.8. The molecule has 0 radical (unpaired) electrons. The second kappa shape index (κ2) is 8.74. The van der Waals surface area contributed by atoms with Crippen LogP contribution in [0.3, 0.4) is 0 Å². The molecule has 1 saturated carbocycles. The summed E-state index contributed by atoms with van der Waals surface area (Å²) in [4.78, 5) is 8.13. The summed E-state index contributed by atoms with van der Waals surface area (Å²) in [6.07, 6.45) is 6.81. The Bertz CT molecular complexity index is 892. The number of aliphatic hydroxyl groups excluding tert-OH is 1. The van der Waals surface area contributed by atoms with Crippen molar-refractivity contribution in [2.24, 2.45) is 5.92 Å². The summed E-state index contributed by atoms with van der Waals surface area (Å²) in [5.74, 6) is -0.265. The second-order valence-electron chi connectivity index (χ2n) is 8.05. The fraction of sp³-hybridized carbons (Fsp3) is 0.600. The van der Waals surface area contributed by atoms with Gasteiger partial charge in [-0.15, -0.1) is 0 Å². The third kappa shape index (κ3) is 5.21. The van der Waals surface area contributed by atoms with Crippen LogP contribution in [0.25, 0.3) is 0 Å². The Morgan fingerprint density at radius 3 is 2.93 bits per heavy atom. The SMILES string of the molecule is Cc1nn(C(C)(C)C#N)cc1Nc1ncc(F)c(OCC2CCCC(O)CC2)n1. The number of ether oxygens (including phenoxy) is 1. The predicted octanol–water partition coefficient (Wildman–Crippen LogP) is 3.44. The summed E-state index contributed by atoms with van der Waals surface area (Å²) in [6.45, 7) is 5.67. The van der Waals surface area contributed by atoms with Crippen molar-refractivity contribution in [2.75, 3.05) is 11.9 Å². The molecule has 3 rings (SSSR count). The Balaban J connectivity index is 1.69. The Kier molecular flexibility index (Phi) is 6.33. The summed E-state index contributed by atoms with van der Waals surface area (Å²) in [5, 5.41) is 26.4. The fourth-order valence-corrected chi connectivity index (χ4v) is 3.28. The minimum absolute atomic E-state index is 0.102. The number of aryl methyl sites for hydroxylation is 1. The van der Waals surface area contributed by atoms with Gasteiger partial charge in [0.1, 0.15) is 5.54 Å². The molecule has 156 valence electrons. The number of hydrogen-bond acceptors (Lipinski definition) is 7. The normalized spacial score (nSPS) is 20.0. The lowest BCUT2D eigenvalue weighted by Gasteiger charge is -2.15. The van der Waals surface area contributed by atoms with Gasteiger partial charge < -0.3 is 15.2 Å². The number of rotatable bonds is 6. The number of aliphatic hydroxyl groups is 1. The standard InChI is InChI=1S/C20H27FN6O2/c1-13-17(10-27(26-13)20(2,3)12-22)24-19-23-9-16(21)18(25-19)29-11-14-5-4-6-15(28)8-7-14/h9-10,14-15,28H,4-8,11H2,1-3H3,(H,23,24,25). The Morgan fingerprint density at radius 2 is 2.17 bits per heavy atom. The van der Waals surface area contributed by atoms with Crippen LogP contribution in [-0.4, -0.2) is 37.6 Å². The van der Waals surface area contributed by atoms with Crippen molar-refractivity contribution in [3.63, 3.8) is 0 Å². The van der Waals surface area contributed by atoms with Gasteiger partial charge in [0.15, 0.2) is 0 Å². The van der Waals surface area contributed by atoms with E-state index in [4.69, 9.17) is 4.74 Å². The molecule has 0 amide bonds. The molecule has 2 aromatic rings. The first-order valence-corrected chi connectivity index (χ1v) is 9.87. The number of halogens is 1. The maximum Gasteiger partial charge on any atom is 0.255 e. The monoisotopic (exact) mass is 402 g/mol. The van der Waals surface area contributed by atoms with Crippen LogP contribution in [0.15, 0.2) is 12.4 Å². The van der Waals surface area contributed by atoms with E-state index in [0.29, 0.717) is 18.0 Å². The van der Waals surface area contributed by atoms with E-state index in [9.17, 15) is 14.8 Å². The number of nitrogens with one attached hydrogen (secondary N) is 1. The van der Waals surface area contributed by atoms with Crippen molar-refractivity contribution in [3.05, 3.63) is 23.9 Å². The summed E-state index contributed by atoms with van der Waals surface area (Å²) >= 11 is 0. The molecule has 2 aromatic heterocycles. The van der Waals surface area contributed by atoms with Gasteiger partial charge in [-0.2, -0.15) is 19.7 Å². The van der Waals surface area contributed by atoms with Crippen LogP contribution in [-0.2, 0) is 5.54 Å². The third-order valence-corrected chi connectivity index (χ3v) is 5.22. The smallest absolute Gasteiger partial charge is 0.255 e. The molecule has 0 aliphatic heterocycles. The first-order valence-electron chi connectivity index (χ1n) is 9.87. The number of nitriles is 1. The molecule has 1 aliphatic carbocycles. The van der Waals surface area contributed by atoms with E-state index < -0.39 is 11.4 Å². The van der Waals surface area contributed by atoms with E-state index >= 15 is 0 Å². The van der Waals surface area contributed by atoms with E-state index in [1.165, 1.54) is 0 Å². The molecule has 8 nitrogen and oxygen atoms in total. The van der Waals surface area contributed by atoms with Crippen molar-refractivity contribution in [3.8, 4) is 11.9 Å². The lowest BCUT2D eigenvalue weighted by molar-refractivity contribution is 0.152. The van der Waals surface area contributed by atoms with E-state index in [1.807, 2.05) is 0 Å². The van der Waals surface area contributed by atoms with Gasteiger partial charge in [0.05, 0.1) is 42.6 Å². The molecule has 1 fully saturated rings. The highest BCUT2D eigenvalue weighted by atomic mass is 19.1. The topological polar surface area (TPSA) is 109 Å². The molecule has 29 heavy (non-hydrogen) atoms. The molecule has 0 spiro atoms. The molecule has 0 aromatic carbocycles. The van der Waals surface area contributed by atoms with Gasteiger partial charge in [-0.05, 0) is 52.4 Å². The van der Waals surface area contributed by atoms with Gasteiger partial charge in [-0.1, -0.05) is 6.42 Å². The van der Waals surface area contributed by atoms with Crippen molar-refractivity contribution < 1.29 is 14.2 Å². The minimum Gasteiger partial charge on any atom is -0.475 e. The highest BCUT2D eigenvalue weighted by Gasteiger charge is 2.22. The first kappa shape index (κ1) is 21.0. The minimum atomic E-state index is -0.797. The highest BCUT2D eigenvalue weighted by Crippen LogP contribution is 2.26. The second-order valence-corrected chi connectivity index (χ2v) is 8.05. The highest BCUT2D eigenvalue weighted by molar-refractivity contribution is 5.55. The van der Waals surface area contributed by atoms with Crippen molar-refractivity contribution in [1.82, 2.24) is 19.7 Å². The molecule has 2 unspecified atom stereocenters. The van der Waals surface area contributed by atoms with Crippen LogP contribution in [0, 0.1) is 30.0 Å². The average molecular weight is 402 g/mol. The van der Waals surface area contributed by atoms with Crippen molar-refractivity contribution >= 4 is 11.6 Å². The largest absolute Gasteiger partial charge is 0.475 e. The van der Waals surface area contributed by atoms with Crippen LogP contribution < -0.4 is 10.1 Å². The zero-order chi connectivity index (χ0) is 21.0. The van der Waals surface area contributed by atoms with E-state index in [1.54, 1.807) is 31.6 Å². The van der Waals surface area contributed by atoms with Crippen molar-refractivity contribution in [1.29, 1.82) is 5.26 Å². The van der Waals surface area contributed by atoms with Crippen LogP contribution in [0.2, 0.25) is 0 Å². The molecule has 2 N–H and O–H groups in total. The zero-order valence-corrected chi connectivity index (χ0v) is 17.0. The van der Waals surface area contributed by atoms with E-state index in [0.717, 1.165) is 38.3 Å².